The Kier molecular flexibility index (Phi) is 7.81. The lowest BCUT2D eigenvalue weighted by Gasteiger charge is -2.32. The maximum Gasteiger partial charge on any atom is 0.416 e. The molecule has 0 amide bonds. The number of halogens is 3. The summed E-state index contributed by atoms with van der Waals surface area (Å²) in [5, 5.41) is 4.25. The van der Waals surface area contributed by atoms with E-state index in [2.05, 4.69) is 36.0 Å². The van der Waals surface area contributed by atoms with Crippen LogP contribution in [0.4, 0.5) is 13.2 Å². The Hall–Kier alpha value is -3.57. The quantitative estimate of drug-likeness (QED) is 0.204. The Labute approximate surface area is 227 Å². The Balaban J connectivity index is 1.35. The molecule has 0 aliphatic carbocycles. The maximum atomic E-state index is 14.0. The van der Waals surface area contributed by atoms with Crippen molar-refractivity contribution in [3.63, 3.8) is 0 Å². The molecule has 10 heteroatoms. The lowest BCUT2D eigenvalue weighted by Crippen LogP contribution is -2.41. The largest absolute Gasteiger partial charge is 0.416 e. The number of nitrogens with zero attached hydrogens (tertiary/aromatic N) is 5. The van der Waals surface area contributed by atoms with Crippen LogP contribution in [0.5, 0.6) is 0 Å². The molecule has 2 aromatic carbocycles. The number of hydrogen-bond acceptors (Lipinski definition) is 5. The zero-order chi connectivity index (χ0) is 27.6. The fourth-order valence-corrected chi connectivity index (χ4v) is 4.79. The molecular formula is C29H27F3N5OP. The van der Waals surface area contributed by atoms with Gasteiger partial charge in [0.05, 0.1) is 11.8 Å². The number of piperazine rings is 1. The van der Waals surface area contributed by atoms with Crippen molar-refractivity contribution in [1.29, 1.82) is 0 Å². The molecule has 6 nitrogen and oxygen atoms in total. The van der Waals surface area contributed by atoms with Crippen molar-refractivity contribution >= 4 is 20.8 Å². The summed E-state index contributed by atoms with van der Waals surface area (Å²) in [6.07, 6.45) is -1.37. The number of ketones is 1. The maximum absolute atomic E-state index is 14.0. The van der Waals surface area contributed by atoms with Crippen molar-refractivity contribution in [3.8, 4) is 11.8 Å². The zero-order valence-electron chi connectivity index (χ0n) is 21.4. The van der Waals surface area contributed by atoms with E-state index < -0.39 is 11.7 Å². The first-order chi connectivity index (χ1) is 18.7. The topological polar surface area (TPSA) is 53.7 Å². The fraction of sp³-hybridized carbons (Fsp3) is 0.276. The molecule has 0 bridgehead atoms. The highest BCUT2D eigenvalue weighted by Gasteiger charge is 2.34. The van der Waals surface area contributed by atoms with Crippen LogP contribution in [-0.4, -0.2) is 56.1 Å². The molecule has 4 aromatic rings. The fourth-order valence-electron chi connectivity index (χ4n) is 4.56. The summed E-state index contributed by atoms with van der Waals surface area (Å²) in [5.41, 5.74) is 3.09. The van der Waals surface area contributed by atoms with Gasteiger partial charge in [-0.05, 0) is 53.8 Å². The van der Waals surface area contributed by atoms with Gasteiger partial charge in [0, 0.05) is 56.5 Å². The molecule has 1 saturated heterocycles. The number of carbonyl (C=O) groups is 1. The van der Waals surface area contributed by atoms with Crippen LogP contribution < -0.4 is 0 Å². The molecule has 1 atom stereocenters. The van der Waals surface area contributed by atoms with Crippen LogP contribution in [0.25, 0.3) is 5.65 Å². The van der Waals surface area contributed by atoms with Gasteiger partial charge < -0.3 is 0 Å². The molecule has 1 fully saturated rings. The van der Waals surface area contributed by atoms with Gasteiger partial charge in [-0.3, -0.25) is 14.4 Å². The molecule has 39 heavy (non-hydrogen) atoms. The van der Waals surface area contributed by atoms with Crippen molar-refractivity contribution in [2.45, 2.75) is 26.1 Å². The predicted molar refractivity (Wildman–Crippen MR) is 146 cm³/mol. The van der Waals surface area contributed by atoms with Crippen LogP contribution >= 0.6 is 9.39 Å². The van der Waals surface area contributed by atoms with E-state index in [1.165, 1.54) is 6.07 Å². The molecule has 5 rings (SSSR count). The summed E-state index contributed by atoms with van der Waals surface area (Å²) in [7, 11) is 2.63. The number of rotatable bonds is 5. The molecule has 1 aliphatic heterocycles. The second-order valence-electron chi connectivity index (χ2n) is 9.62. The lowest BCUT2D eigenvalue weighted by molar-refractivity contribution is -0.138. The summed E-state index contributed by atoms with van der Waals surface area (Å²) in [4.78, 5) is 19.4. The standard InChI is InChI=1S/C29H27F3N5OP/c1-20-4-6-23(17-22(20)8-9-25-18-33-28-3-2-10-34-37(25)28)27(38)16-21-5-7-24(26(15-21)29(30,31)32)19-35-11-13-36(39)14-12-35/h2-7,10,15,17-18H,11-14,16,19,39H2,1H3. The number of Topliss-reactive ketones (excluding diaryl/α,β-unsaturated/α-hetero) is 1. The van der Waals surface area contributed by atoms with Crippen molar-refractivity contribution in [3.05, 3.63) is 100.0 Å². The number of hydrogen-bond donors (Lipinski definition) is 0. The van der Waals surface area contributed by atoms with Crippen LogP contribution in [-0.2, 0) is 19.1 Å². The molecule has 0 radical (unpaired) electrons. The van der Waals surface area contributed by atoms with Gasteiger partial charge in [0.15, 0.2) is 11.4 Å². The number of alkyl halides is 3. The van der Waals surface area contributed by atoms with E-state index in [4.69, 9.17) is 0 Å². The molecule has 0 N–H and O–H groups in total. The van der Waals surface area contributed by atoms with Crippen LogP contribution in [0, 0.1) is 18.8 Å². The van der Waals surface area contributed by atoms with E-state index in [0.717, 1.165) is 24.7 Å². The Bertz CT molecular complexity index is 1580. The van der Waals surface area contributed by atoms with E-state index in [0.29, 0.717) is 41.1 Å². The molecule has 3 heterocycles. The van der Waals surface area contributed by atoms with E-state index in [1.807, 2.05) is 17.9 Å². The van der Waals surface area contributed by atoms with Crippen LogP contribution in [0.2, 0.25) is 0 Å². The smallest absolute Gasteiger partial charge is 0.297 e. The molecule has 1 unspecified atom stereocenters. The average Bonchev–Trinajstić information content (AvgIpc) is 3.33. The summed E-state index contributed by atoms with van der Waals surface area (Å²) in [6, 6.07) is 13.0. The number of fused-ring (bicyclic) bond motifs is 1. The van der Waals surface area contributed by atoms with Gasteiger partial charge in [-0.1, -0.05) is 39.6 Å². The molecule has 0 spiro atoms. The van der Waals surface area contributed by atoms with Gasteiger partial charge in [-0.2, -0.15) is 18.3 Å². The lowest BCUT2D eigenvalue weighted by atomic mass is 9.96. The molecular weight excluding hydrogens is 522 g/mol. The third-order valence-electron chi connectivity index (χ3n) is 6.81. The molecule has 1 aliphatic rings. The summed E-state index contributed by atoms with van der Waals surface area (Å²) < 4.78 is 45.6. The summed E-state index contributed by atoms with van der Waals surface area (Å²) >= 11 is 0. The van der Waals surface area contributed by atoms with Gasteiger partial charge in [-0.25, -0.2) is 9.50 Å². The third kappa shape index (κ3) is 6.36. The average molecular weight is 550 g/mol. The first-order valence-corrected chi connectivity index (χ1v) is 13.0. The Morgan fingerprint density at radius 2 is 1.85 bits per heavy atom. The number of aromatic nitrogens is 3. The normalized spacial score (nSPS) is 14.8. The highest BCUT2D eigenvalue weighted by Crippen LogP contribution is 2.34. The van der Waals surface area contributed by atoms with Gasteiger partial charge in [0.25, 0.3) is 0 Å². The molecule has 2 aromatic heterocycles. The van der Waals surface area contributed by atoms with Gasteiger partial charge in [0.2, 0.25) is 0 Å². The van der Waals surface area contributed by atoms with Crippen LogP contribution in [0.1, 0.15) is 43.9 Å². The minimum absolute atomic E-state index is 0.137. The monoisotopic (exact) mass is 549 g/mol. The number of benzene rings is 2. The van der Waals surface area contributed by atoms with E-state index in [9.17, 15) is 18.0 Å². The number of aryl methyl sites for hydroxylation is 1. The first-order valence-electron chi connectivity index (χ1n) is 12.5. The van der Waals surface area contributed by atoms with Crippen molar-refractivity contribution in [2.75, 3.05) is 26.2 Å². The van der Waals surface area contributed by atoms with E-state index in [1.54, 1.807) is 47.2 Å². The van der Waals surface area contributed by atoms with E-state index >= 15 is 0 Å². The number of imidazole rings is 1. The first kappa shape index (κ1) is 27.0. The minimum Gasteiger partial charge on any atom is -0.297 e. The van der Waals surface area contributed by atoms with E-state index in [-0.39, 0.29) is 24.3 Å². The highest BCUT2D eigenvalue weighted by molar-refractivity contribution is 7.13. The zero-order valence-corrected chi connectivity index (χ0v) is 22.5. The number of carbonyl (C=O) groups excluding carboxylic acids is 1. The van der Waals surface area contributed by atoms with Crippen molar-refractivity contribution in [1.82, 2.24) is 24.2 Å². The minimum atomic E-state index is -4.50. The predicted octanol–water partition coefficient (Wildman–Crippen LogP) is 4.79. The second-order valence-corrected chi connectivity index (χ2v) is 10.3. The Morgan fingerprint density at radius 3 is 2.62 bits per heavy atom. The van der Waals surface area contributed by atoms with Gasteiger partial charge in [0.1, 0.15) is 5.69 Å². The summed E-state index contributed by atoms with van der Waals surface area (Å²) in [6.45, 7) is 5.10. The molecule has 200 valence electrons. The van der Waals surface area contributed by atoms with Crippen molar-refractivity contribution < 1.29 is 18.0 Å². The highest BCUT2D eigenvalue weighted by atomic mass is 31.0. The molecule has 0 saturated carbocycles. The second kappa shape index (κ2) is 11.3. The summed E-state index contributed by atoms with van der Waals surface area (Å²) in [5.74, 6) is 5.86. The van der Waals surface area contributed by atoms with Gasteiger partial charge >= 0.3 is 6.18 Å². The van der Waals surface area contributed by atoms with Gasteiger partial charge in [-0.15, -0.1) is 0 Å². The third-order valence-corrected chi connectivity index (χ3v) is 7.32. The van der Waals surface area contributed by atoms with Crippen molar-refractivity contribution in [2.24, 2.45) is 0 Å². The SMILES string of the molecule is Cc1ccc(C(=O)Cc2ccc(CN3CCN(P)CC3)c(C(F)(F)F)c2)cc1C#Cc1cnc2cccnn12. The van der Waals surface area contributed by atoms with Crippen LogP contribution in [0.3, 0.4) is 0 Å². The Morgan fingerprint density at radius 1 is 1.05 bits per heavy atom. The van der Waals surface area contributed by atoms with Crippen LogP contribution in [0.15, 0.2) is 60.9 Å².